The Morgan fingerprint density at radius 2 is 2.07 bits per heavy atom. The second-order valence-corrected chi connectivity index (χ2v) is 13.0. The van der Waals surface area contributed by atoms with E-state index >= 15 is 0 Å². The van der Waals surface area contributed by atoms with Gasteiger partial charge in [-0.25, -0.2) is 4.68 Å². The smallest absolute Gasteiger partial charge is 0.311 e. The summed E-state index contributed by atoms with van der Waals surface area (Å²) in [6.07, 6.45) is 4.58. The zero-order valence-corrected chi connectivity index (χ0v) is 24.7. The van der Waals surface area contributed by atoms with Crippen molar-refractivity contribution < 1.29 is 24.2 Å². The van der Waals surface area contributed by atoms with E-state index in [1.807, 2.05) is 38.1 Å². The molecule has 0 aliphatic carbocycles. The monoisotopic (exact) mass is 581 g/mol. The van der Waals surface area contributed by atoms with Gasteiger partial charge in [0.2, 0.25) is 11.8 Å². The molecule has 8 atom stereocenters. The lowest BCUT2D eigenvalue weighted by Crippen LogP contribution is -2.60. The number of esters is 1. The summed E-state index contributed by atoms with van der Waals surface area (Å²) in [5, 5.41) is 19.0. The Morgan fingerprint density at radius 3 is 2.76 bits per heavy atom. The zero-order chi connectivity index (χ0) is 29.5. The Bertz CT molecular complexity index is 1350. The van der Waals surface area contributed by atoms with Crippen LogP contribution in [0.15, 0.2) is 49.6 Å². The van der Waals surface area contributed by atoms with Gasteiger partial charge in [-0.15, -0.1) is 23.4 Å². The molecular formula is C30H39N5O5S. The molecule has 41 heavy (non-hydrogen) atoms. The van der Waals surface area contributed by atoms with Gasteiger partial charge in [0.25, 0.3) is 0 Å². The maximum atomic E-state index is 14.8. The van der Waals surface area contributed by atoms with E-state index < -0.39 is 34.6 Å². The number of aromatic nitrogens is 3. The SMILES string of the molecule is C=CCOC(=O)[C@@H]1[C@H]2C(=O)N([C@@H](CO)[C@@H](C)CC)C(C(=O)N(CC=C)Cn3nnc4ccccc43)C23S[C@@H]1CC3C. The maximum absolute atomic E-state index is 14.8. The third-order valence-electron chi connectivity index (χ3n) is 9.26. The first-order valence-electron chi connectivity index (χ1n) is 14.3. The molecule has 11 heteroatoms. The molecule has 3 unspecified atom stereocenters. The van der Waals surface area contributed by atoms with Gasteiger partial charge >= 0.3 is 5.97 Å². The summed E-state index contributed by atoms with van der Waals surface area (Å²) in [5.41, 5.74) is 1.50. The van der Waals surface area contributed by atoms with Gasteiger partial charge in [-0.1, -0.05) is 63.3 Å². The molecule has 0 saturated carbocycles. The Labute approximate surface area is 244 Å². The molecular weight excluding hydrogens is 542 g/mol. The predicted molar refractivity (Wildman–Crippen MR) is 156 cm³/mol. The summed E-state index contributed by atoms with van der Waals surface area (Å²) in [4.78, 5) is 45.9. The highest BCUT2D eigenvalue weighted by molar-refractivity contribution is 8.02. The molecule has 3 aliphatic heterocycles. The van der Waals surface area contributed by atoms with Crippen LogP contribution in [0.4, 0.5) is 0 Å². The van der Waals surface area contributed by atoms with Crippen LogP contribution in [-0.2, 0) is 25.8 Å². The Balaban J connectivity index is 1.59. The highest BCUT2D eigenvalue weighted by atomic mass is 32.2. The normalized spacial score (nSPS) is 29.8. The van der Waals surface area contributed by atoms with Crippen LogP contribution in [0, 0.1) is 23.7 Å². The fourth-order valence-corrected chi connectivity index (χ4v) is 9.54. The van der Waals surface area contributed by atoms with Crippen LogP contribution in [0.25, 0.3) is 11.0 Å². The van der Waals surface area contributed by atoms with Crippen LogP contribution in [0.2, 0.25) is 0 Å². The van der Waals surface area contributed by atoms with Gasteiger partial charge in [-0.05, 0) is 30.4 Å². The Morgan fingerprint density at radius 1 is 1.32 bits per heavy atom. The number of hydrogen-bond donors (Lipinski definition) is 1. The maximum Gasteiger partial charge on any atom is 0.311 e. The second-order valence-electron chi connectivity index (χ2n) is 11.4. The number of amides is 2. The van der Waals surface area contributed by atoms with E-state index in [9.17, 15) is 19.5 Å². The van der Waals surface area contributed by atoms with Crippen molar-refractivity contribution in [1.82, 2.24) is 24.8 Å². The number of hydrogen-bond acceptors (Lipinski definition) is 8. The van der Waals surface area contributed by atoms with E-state index in [2.05, 4.69) is 30.4 Å². The number of benzene rings is 1. The molecule has 3 saturated heterocycles. The van der Waals surface area contributed by atoms with Crippen LogP contribution in [-0.4, -0.2) is 89.5 Å². The number of carbonyl (C=O) groups excluding carboxylic acids is 3. The fourth-order valence-electron chi connectivity index (χ4n) is 7.15. The standard InChI is InChI=1S/C30H39N5O5S/c1-6-13-33(17-34-21-12-10-9-11-20(21)31-32-34)28(38)26-30-19(5)15-23(41-30)24(29(39)40-14-7-2)25(30)27(37)35(26)22(16-36)18(4)8-3/h6-7,9-12,18-19,22-26,36H,1-2,8,13-17H2,3-5H3/t18-,19?,22-,23+,24-,25-,26?,30?/m0/s1. The number of nitrogens with zero attached hydrogens (tertiary/aromatic N) is 5. The number of rotatable bonds is 12. The fraction of sp³-hybridized carbons (Fsp3) is 0.567. The number of aliphatic hydroxyl groups is 1. The molecule has 2 aromatic rings. The average molecular weight is 582 g/mol. The molecule has 2 amide bonds. The van der Waals surface area contributed by atoms with Gasteiger partial charge in [-0.3, -0.25) is 14.4 Å². The lowest BCUT2D eigenvalue weighted by atomic mass is 9.66. The highest BCUT2D eigenvalue weighted by Gasteiger charge is 2.77. The first-order chi connectivity index (χ1) is 19.7. The summed E-state index contributed by atoms with van der Waals surface area (Å²) >= 11 is 1.59. The first kappa shape index (κ1) is 29.3. The van der Waals surface area contributed by atoms with Gasteiger partial charge in [0, 0.05) is 11.8 Å². The molecule has 4 heterocycles. The summed E-state index contributed by atoms with van der Waals surface area (Å²) in [6.45, 7) is 13.7. The molecule has 1 spiro atoms. The van der Waals surface area contributed by atoms with Crippen molar-refractivity contribution in [2.75, 3.05) is 19.8 Å². The van der Waals surface area contributed by atoms with Crippen molar-refractivity contribution in [3.8, 4) is 0 Å². The lowest BCUT2D eigenvalue weighted by Gasteiger charge is -2.43. The molecule has 5 rings (SSSR count). The van der Waals surface area contributed by atoms with E-state index in [0.29, 0.717) is 18.4 Å². The highest BCUT2D eigenvalue weighted by Crippen LogP contribution is 2.69. The number of para-hydroxylation sites is 1. The number of ether oxygens (including phenoxy) is 1. The van der Waals surface area contributed by atoms with Gasteiger partial charge in [0.05, 0.1) is 34.7 Å². The Hall–Kier alpha value is -3.18. The van der Waals surface area contributed by atoms with Crippen molar-refractivity contribution in [1.29, 1.82) is 0 Å². The van der Waals surface area contributed by atoms with E-state index in [1.54, 1.807) is 32.3 Å². The average Bonchev–Trinajstić information content (AvgIpc) is 3.69. The summed E-state index contributed by atoms with van der Waals surface area (Å²) in [5.74, 6) is -2.38. The van der Waals surface area contributed by atoms with Crippen molar-refractivity contribution >= 4 is 40.6 Å². The predicted octanol–water partition coefficient (Wildman–Crippen LogP) is 2.88. The van der Waals surface area contributed by atoms with Gasteiger partial charge in [0.1, 0.15) is 24.8 Å². The molecule has 3 fully saturated rings. The van der Waals surface area contributed by atoms with E-state index in [-0.39, 0.29) is 55.3 Å². The lowest BCUT2D eigenvalue weighted by molar-refractivity contribution is -0.154. The third kappa shape index (κ3) is 4.57. The molecule has 3 aliphatic rings. The van der Waals surface area contributed by atoms with Crippen molar-refractivity contribution in [3.63, 3.8) is 0 Å². The molecule has 10 nitrogen and oxygen atoms in total. The van der Waals surface area contributed by atoms with E-state index in [0.717, 1.165) is 5.52 Å². The molecule has 1 aromatic carbocycles. The summed E-state index contributed by atoms with van der Waals surface area (Å²) < 4.78 is 6.32. The van der Waals surface area contributed by atoms with Crippen LogP contribution in [0.3, 0.4) is 0 Å². The van der Waals surface area contributed by atoms with E-state index in [1.165, 1.54) is 6.08 Å². The van der Waals surface area contributed by atoms with Crippen LogP contribution in [0.1, 0.15) is 33.6 Å². The van der Waals surface area contributed by atoms with E-state index in [4.69, 9.17) is 4.74 Å². The van der Waals surface area contributed by atoms with Crippen molar-refractivity contribution in [3.05, 3.63) is 49.6 Å². The molecule has 0 radical (unpaired) electrons. The van der Waals surface area contributed by atoms with Gasteiger partial charge < -0.3 is 19.6 Å². The minimum absolute atomic E-state index is 0.0112. The number of likely N-dealkylation sites (tertiary alicyclic amines) is 1. The number of fused-ring (bicyclic) bond motifs is 2. The summed E-state index contributed by atoms with van der Waals surface area (Å²) in [6, 6.07) is 6.08. The second kappa shape index (κ2) is 11.6. The number of carbonyl (C=O) groups is 3. The van der Waals surface area contributed by atoms with Crippen LogP contribution in [0.5, 0.6) is 0 Å². The van der Waals surface area contributed by atoms with Gasteiger partial charge in [-0.2, -0.15) is 0 Å². The van der Waals surface area contributed by atoms with Crippen LogP contribution >= 0.6 is 11.8 Å². The van der Waals surface area contributed by atoms with Crippen molar-refractivity contribution in [2.24, 2.45) is 23.7 Å². The zero-order valence-electron chi connectivity index (χ0n) is 23.9. The number of aliphatic hydroxyl groups excluding tert-OH is 1. The first-order valence-corrected chi connectivity index (χ1v) is 15.2. The minimum Gasteiger partial charge on any atom is -0.461 e. The van der Waals surface area contributed by atoms with Crippen molar-refractivity contribution in [2.45, 2.75) is 62.4 Å². The topological polar surface area (TPSA) is 118 Å². The molecule has 1 aromatic heterocycles. The molecule has 1 N–H and O–H groups in total. The third-order valence-corrected chi connectivity index (χ3v) is 11.3. The molecule has 2 bridgehead atoms. The quantitative estimate of drug-likeness (QED) is 0.300. The minimum atomic E-state index is -0.872. The number of thioether (sulfide) groups is 1. The molecule has 220 valence electrons. The van der Waals surface area contributed by atoms with Crippen LogP contribution < -0.4 is 0 Å². The summed E-state index contributed by atoms with van der Waals surface area (Å²) in [7, 11) is 0. The largest absolute Gasteiger partial charge is 0.461 e. The Kier molecular flexibility index (Phi) is 8.29. The van der Waals surface area contributed by atoms with Gasteiger partial charge in [0.15, 0.2) is 0 Å².